The Balaban J connectivity index is 0.000000117. The molecule has 0 aliphatic heterocycles. The van der Waals surface area contributed by atoms with E-state index in [2.05, 4.69) is 331 Å². The molecule has 0 fully saturated rings. The van der Waals surface area contributed by atoms with Crippen molar-refractivity contribution in [2.45, 2.75) is 0 Å². The van der Waals surface area contributed by atoms with Gasteiger partial charge >= 0.3 is 7.12 Å². The van der Waals surface area contributed by atoms with E-state index < -0.39 is 7.12 Å². The topological polar surface area (TPSA) is 40.5 Å². The highest BCUT2D eigenvalue weighted by molar-refractivity contribution is 9.10. The summed E-state index contributed by atoms with van der Waals surface area (Å²) in [6.07, 6.45) is 0. The number of rotatable bonds is 6. The van der Waals surface area contributed by atoms with Crippen molar-refractivity contribution in [2.24, 2.45) is 0 Å². The average molecular weight is 1340 g/mol. The molecule has 4 heteroatoms. The molecule has 2 N–H and O–H groups in total. The first kappa shape index (κ1) is 60.4. The van der Waals surface area contributed by atoms with Gasteiger partial charge in [0.2, 0.25) is 0 Å². The van der Waals surface area contributed by atoms with Gasteiger partial charge in [-0.25, -0.2) is 0 Å². The zero-order valence-corrected chi connectivity index (χ0v) is 56.1. The van der Waals surface area contributed by atoms with Gasteiger partial charge in [-0.05, 0) is 233 Å². The van der Waals surface area contributed by atoms with Gasteiger partial charge in [-0.15, -0.1) is 0 Å². The zero-order chi connectivity index (χ0) is 66.8. The number of fused-ring (bicyclic) bond motifs is 16. The summed E-state index contributed by atoms with van der Waals surface area (Å²) in [5, 5.41) is 49.5. The van der Waals surface area contributed by atoms with Gasteiger partial charge in [-0.2, -0.15) is 0 Å². The summed E-state index contributed by atoms with van der Waals surface area (Å²) in [6, 6.07) is 131. The van der Waals surface area contributed by atoms with Crippen molar-refractivity contribution in [1.82, 2.24) is 0 Å². The van der Waals surface area contributed by atoms with Crippen LogP contribution in [-0.2, 0) is 0 Å². The van der Waals surface area contributed by atoms with E-state index in [1.165, 1.54) is 152 Å². The van der Waals surface area contributed by atoms with Crippen LogP contribution in [0.1, 0.15) is 0 Å². The van der Waals surface area contributed by atoms with E-state index >= 15 is 0 Å². The molecule has 0 aromatic heterocycles. The molecule has 0 saturated heterocycles. The highest BCUT2D eigenvalue weighted by atomic mass is 79.9. The zero-order valence-electron chi connectivity index (χ0n) is 54.5. The third-order valence-corrected chi connectivity index (χ3v) is 20.8. The van der Waals surface area contributed by atoms with Gasteiger partial charge in [0.25, 0.3) is 0 Å². The molecule has 0 spiro atoms. The lowest BCUT2D eigenvalue weighted by molar-refractivity contribution is 0.426. The molecule has 0 amide bonds. The SMILES string of the molecule is Brc1cccc(-c2cc3ccc4ccccc4c3c3ccccc23)c1.OB(O)c1c2ccccc2c(-c2ccc3ccccc3c2)c2ccccc12.c1cc(-c2c3ccccc3c(-c3ccc4ccccc4c3)c3ccccc23)cc(-c2cc3ccccc3c3c2ccc2ccccc23)c1. The quantitative estimate of drug-likeness (QED) is 0.0990. The second-order valence-corrected chi connectivity index (χ2v) is 26.9. The summed E-state index contributed by atoms with van der Waals surface area (Å²) < 4.78 is 1.10. The maximum absolute atomic E-state index is 10.1. The van der Waals surface area contributed by atoms with E-state index in [0.717, 1.165) is 37.1 Å². The van der Waals surface area contributed by atoms with E-state index in [9.17, 15) is 10.0 Å². The lowest BCUT2D eigenvalue weighted by atomic mass is 9.72. The number of hydrogen-bond donors (Lipinski definition) is 2. The molecule has 2 nitrogen and oxygen atoms in total. The Morgan fingerprint density at radius 1 is 0.190 bits per heavy atom. The Kier molecular flexibility index (Phi) is 15.4. The van der Waals surface area contributed by atoms with Gasteiger partial charge < -0.3 is 10.0 Å². The fourth-order valence-corrected chi connectivity index (χ4v) is 16.3. The number of benzene rings is 20. The molecule has 20 aromatic carbocycles. The maximum atomic E-state index is 10.1. The van der Waals surface area contributed by atoms with E-state index in [4.69, 9.17) is 0 Å². The summed E-state index contributed by atoms with van der Waals surface area (Å²) in [5.41, 5.74) is 12.9. The fraction of sp³-hybridized carbons (Fsp3) is 0. The molecule has 468 valence electrons. The summed E-state index contributed by atoms with van der Waals surface area (Å²) in [4.78, 5) is 0. The van der Waals surface area contributed by atoms with Crippen molar-refractivity contribution < 1.29 is 10.0 Å². The molecule has 0 bridgehead atoms. The van der Waals surface area contributed by atoms with E-state index in [1.54, 1.807) is 0 Å². The Hall–Kier alpha value is -12.0. The first-order chi connectivity index (χ1) is 49.4. The van der Waals surface area contributed by atoms with Crippen LogP contribution in [0.3, 0.4) is 0 Å². The van der Waals surface area contributed by atoms with Crippen LogP contribution in [0.5, 0.6) is 0 Å². The Morgan fingerprint density at radius 3 is 1.03 bits per heavy atom. The third kappa shape index (κ3) is 10.6. The van der Waals surface area contributed by atoms with Crippen molar-refractivity contribution >= 4 is 158 Å². The first-order valence-corrected chi connectivity index (χ1v) is 34.9. The second-order valence-electron chi connectivity index (χ2n) is 26.0. The number of hydrogen-bond acceptors (Lipinski definition) is 2. The van der Waals surface area contributed by atoms with Gasteiger partial charge in [0.05, 0.1) is 0 Å². The van der Waals surface area contributed by atoms with Crippen LogP contribution in [0.2, 0.25) is 0 Å². The molecular formula is C96H62BBrO2. The molecule has 20 aromatic rings. The summed E-state index contributed by atoms with van der Waals surface area (Å²) in [6.45, 7) is 0. The predicted molar refractivity (Wildman–Crippen MR) is 434 cm³/mol. The van der Waals surface area contributed by atoms with Gasteiger partial charge in [0.15, 0.2) is 0 Å². The lowest BCUT2D eigenvalue weighted by Crippen LogP contribution is -2.31. The Morgan fingerprint density at radius 2 is 0.520 bits per heavy atom. The van der Waals surface area contributed by atoms with Gasteiger partial charge in [0, 0.05) is 4.47 Å². The molecule has 20 rings (SSSR count). The Labute approximate surface area is 587 Å². The van der Waals surface area contributed by atoms with E-state index in [-0.39, 0.29) is 0 Å². The molecule has 0 radical (unpaired) electrons. The van der Waals surface area contributed by atoms with E-state index in [1.807, 2.05) is 48.5 Å². The highest BCUT2D eigenvalue weighted by Crippen LogP contribution is 2.47. The van der Waals surface area contributed by atoms with E-state index in [0.29, 0.717) is 5.46 Å². The van der Waals surface area contributed by atoms with Crippen molar-refractivity contribution in [3.8, 4) is 55.6 Å². The van der Waals surface area contributed by atoms with Gasteiger partial charge in [-0.1, -0.05) is 337 Å². The van der Waals surface area contributed by atoms with Crippen LogP contribution >= 0.6 is 15.9 Å². The normalized spacial score (nSPS) is 11.6. The minimum atomic E-state index is -1.52. The van der Waals surface area contributed by atoms with Gasteiger partial charge in [-0.3, -0.25) is 0 Å². The third-order valence-electron chi connectivity index (χ3n) is 20.3. The largest absolute Gasteiger partial charge is 0.489 e. The number of halogens is 1. The summed E-state index contributed by atoms with van der Waals surface area (Å²) in [7, 11) is -1.52. The minimum Gasteiger partial charge on any atom is -0.423 e. The van der Waals surface area contributed by atoms with Gasteiger partial charge in [0.1, 0.15) is 0 Å². The molecular weight excluding hydrogens is 1280 g/mol. The monoisotopic (exact) mass is 1340 g/mol. The summed E-state index contributed by atoms with van der Waals surface area (Å²) in [5.74, 6) is 0. The van der Waals surface area contributed by atoms with Crippen LogP contribution in [0.4, 0.5) is 0 Å². The molecule has 100 heavy (non-hydrogen) atoms. The van der Waals surface area contributed by atoms with Crippen LogP contribution in [0.25, 0.3) is 185 Å². The fourth-order valence-electron chi connectivity index (χ4n) is 15.9. The average Bonchev–Trinajstić information content (AvgIpc) is 0.754. The first-order valence-electron chi connectivity index (χ1n) is 34.1. The lowest BCUT2D eigenvalue weighted by Gasteiger charge is -2.19. The smallest absolute Gasteiger partial charge is 0.423 e. The molecule has 0 atom stereocenters. The molecule has 0 heterocycles. The van der Waals surface area contributed by atoms with Crippen molar-refractivity contribution in [3.05, 3.63) is 368 Å². The van der Waals surface area contributed by atoms with Crippen molar-refractivity contribution in [3.63, 3.8) is 0 Å². The molecule has 0 aliphatic rings. The van der Waals surface area contributed by atoms with Crippen molar-refractivity contribution in [2.75, 3.05) is 0 Å². The van der Waals surface area contributed by atoms with Crippen molar-refractivity contribution in [1.29, 1.82) is 0 Å². The van der Waals surface area contributed by atoms with Crippen LogP contribution in [0.15, 0.2) is 368 Å². The Bertz CT molecular complexity index is 6540. The van der Waals surface area contributed by atoms with Crippen LogP contribution in [0, 0.1) is 0 Å². The standard InChI is InChI=1S/C48H30.C24H17BO2.C24H15Br/c1-2-14-33-28-37(25-24-31(33)12-1)47-42-22-9-7-20-40(42)46(41-21-8-10-23-43(41)47)36-17-11-16-34(29-36)45-30-35-15-4-6-19-39(35)48-38-18-5-3-13-32(38)26-27-44(45)48;26-25(27)24-21-11-5-3-9-19(21)23(20-10-4-6-12-22(20)24)18-14-13-16-7-1-2-8-17(16)15-18;25-19-8-5-7-17(14-19)23-15-18-13-12-16-6-1-2-9-20(16)24(18)22-11-4-3-10-21(22)23/h1-30H;1-15,26-27H;1-15H. The molecule has 0 aliphatic carbocycles. The van der Waals surface area contributed by atoms with Crippen LogP contribution in [-0.4, -0.2) is 17.2 Å². The second kappa shape index (κ2) is 25.4. The van der Waals surface area contributed by atoms with Crippen LogP contribution < -0.4 is 5.46 Å². The molecule has 0 saturated carbocycles. The minimum absolute atomic E-state index is 0.561. The maximum Gasteiger partial charge on any atom is 0.489 e. The predicted octanol–water partition coefficient (Wildman–Crippen LogP) is 25.7. The highest BCUT2D eigenvalue weighted by Gasteiger charge is 2.24. The summed E-state index contributed by atoms with van der Waals surface area (Å²) >= 11 is 3.61. The molecule has 0 unspecified atom stereocenters.